The Morgan fingerprint density at radius 1 is 1.10 bits per heavy atom. The Kier molecular flexibility index (Phi) is 4.29. The zero-order valence-electron chi connectivity index (χ0n) is 11.9. The van der Waals surface area contributed by atoms with Crippen LogP contribution in [0.15, 0.2) is 12.1 Å². The lowest BCUT2D eigenvalue weighted by atomic mass is 10.1. The molecule has 0 aliphatic heterocycles. The third kappa shape index (κ3) is 2.36. The van der Waals surface area contributed by atoms with E-state index in [0.29, 0.717) is 34.4 Å². The van der Waals surface area contributed by atoms with Crippen LogP contribution in [0, 0.1) is 4.77 Å². The second-order valence-corrected chi connectivity index (χ2v) is 4.39. The summed E-state index contributed by atoms with van der Waals surface area (Å²) in [5, 5.41) is 7.06. The van der Waals surface area contributed by atoms with Crippen molar-refractivity contribution in [2.24, 2.45) is 0 Å². The third-order valence-electron chi connectivity index (χ3n) is 3.02. The fourth-order valence-electron chi connectivity index (χ4n) is 2.02. The van der Waals surface area contributed by atoms with E-state index in [2.05, 4.69) is 10.2 Å². The van der Waals surface area contributed by atoms with E-state index in [1.54, 1.807) is 27.4 Å². The van der Waals surface area contributed by atoms with E-state index in [1.165, 1.54) is 0 Å². The molecule has 0 unspecified atom stereocenters. The van der Waals surface area contributed by atoms with Crippen LogP contribution in [0.25, 0.3) is 11.4 Å². The van der Waals surface area contributed by atoms with E-state index < -0.39 is 0 Å². The number of benzene rings is 1. The summed E-state index contributed by atoms with van der Waals surface area (Å²) in [6, 6.07) is 3.60. The number of H-pyrrole nitrogens is 1. The zero-order valence-corrected chi connectivity index (χ0v) is 12.7. The van der Waals surface area contributed by atoms with Gasteiger partial charge in [-0.25, -0.2) is 0 Å². The fraction of sp³-hybridized carbons (Fsp3) is 0.385. The van der Waals surface area contributed by atoms with Crippen molar-refractivity contribution in [3.63, 3.8) is 0 Å². The molecule has 6 nitrogen and oxygen atoms in total. The molecule has 0 spiro atoms. The Morgan fingerprint density at radius 3 is 2.25 bits per heavy atom. The lowest BCUT2D eigenvalue weighted by Crippen LogP contribution is -2.01. The normalized spacial score (nSPS) is 10.4. The number of hydrogen-bond acceptors (Lipinski definition) is 5. The van der Waals surface area contributed by atoms with E-state index >= 15 is 0 Å². The van der Waals surface area contributed by atoms with Crippen molar-refractivity contribution in [3.05, 3.63) is 16.9 Å². The molecule has 0 radical (unpaired) electrons. The van der Waals surface area contributed by atoms with Gasteiger partial charge in [0, 0.05) is 12.6 Å². The highest BCUT2D eigenvalue weighted by Gasteiger charge is 2.17. The molecule has 0 bridgehead atoms. The van der Waals surface area contributed by atoms with E-state index in [0.717, 1.165) is 5.56 Å². The molecule has 0 amide bonds. The molecule has 1 aromatic heterocycles. The molecule has 2 aromatic rings. The number of nitrogens with one attached hydrogen (secondary N) is 1. The van der Waals surface area contributed by atoms with Crippen LogP contribution in [0.2, 0.25) is 0 Å². The van der Waals surface area contributed by atoms with Crippen LogP contribution in [0.3, 0.4) is 0 Å². The molecule has 2 rings (SSSR count). The van der Waals surface area contributed by atoms with Gasteiger partial charge in [0.15, 0.2) is 22.1 Å². The quantitative estimate of drug-likeness (QED) is 0.859. The Morgan fingerprint density at radius 2 is 1.70 bits per heavy atom. The van der Waals surface area contributed by atoms with Crippen LogP contribution in [0.5, 0.6) is 17.2 Å². The average Bonchev–Trinajstić information content (AvgIpc) is 2.86. The first-order valence-corrected chi connectivity index (χ1v) is 6.52. The van der Waals surface area contributed by atoms with Gasteiger partial charge in [0.25, 0.3) is 0 Å². The minimum Gasteiger partial charge on any atom is -0.496 e. The molecule has 1 heterocycles. The summed E-state index contributed by atoms with van der Waals surface area (Å²) in [5.74, 6) is 2.56. The summed E-state index contributed by atoms with van der Waals surface area (Å²) >= 11 is 5.21. The summed E-state index contributed by atoms with van der Waals surface area (Å²) in [4.78, 5) is 0. The third-order valence-corrected chi connectivity index (χ3v) is 3.33. The van der Waals surface area contributed by atoms with Crippen LogP contribution in [0.4, 0.5) is 0 Å². The van der Waals surface area contributed by atoms with Crippen molar-refractivity contribution in [2.45, 2.75) is 13.5 Å². The highest BCUT2D eigenvalue weighted by Crippen LogP contribution is 2.39. The molecular formula is C13H17N3O3S. The van der Waals surface area contributed by atoms with Gasteiger partial charge in [-0.15, -0.1) is 0 Å². The van der Waals surface area contributed by atoms with Crippen LogP contribution in [-0.4, -0.2) is 36.1 Å². The lowest BCUT2D eigenvalue weighted by Gasteiger charge is -2.14. The maximum Gasteiger partial charge on any atom is 0.195 e. The summed E-state index contributed by atoms with van der Waals surface area (Å²) in [5.41, 5.74) is 0.791. The highest BCUT2D eigenvalue weighted by molar-refractivity contribution is 7.71. The van der Waals surface area contributed by atoms with Gasteiger partial charge < -0.3 is 18.8 Å². The predicted octanol–water partition coefficient (Wildman–Crippen LogP) is 2.65. The van der Waals surface area contributed by atoms with E-state index in [4.69, 9.17) is 26.4 Å². The number of aromatic amines is 1. The second-order valence-electron chi connectivity index (χ2n) is 4.00. The van der Waals surface area contributed by atoms with Gasteiger partial charge in [-0.1, -0.05) is 0 Å². The largest absolute Gasteiger partial charge is 0.496 e. The highest BCUT2D eigenvalue weighted by atomic mass is 32.1. The van der Waals surface area contributed by atoms with Gasteiger partial charge in [0.2, 0.25) is 0 Å². The number of methoxy groups -OCH3 is 3. The van der Waals surface area contributed by atoms with Crippen molar-refractivity contribution >= 4 is 12.2 Å². The maximum atomic E-state index is 5.41. The van der Waals surface area contributed by atoms with Crippen LogP contribution >= 0.6 is 12.2 Å². The second kappa shape index (κ2) is 5.96. The monoisotopic (exact) mass is 295 g/mol. The van der Waals surface area contributed by atoms with Crippen LogP contribution < -0.4 is 14.2 Å². The molecular weight excluding hydrogens is 278 g/mol. The molecule has 0 atom stereocenters. The molecule has 0 aliphatic carbocycles. The minimum atomic E-state index is 0.569. The molecule has 0 saturated carbocycles. The average molecular weight is 295 g/mol. The standard InChI is InChI=1S/C13H17N3O3S/c1-5-16-12(14-15-13(16)20)8-6-10(18-3)11(19-4)7-9(8)17-2/h6-7H,5H2,1-4H3,(H,15,20). The van der Waals surface area contributed by atoms with Gasteiger partial charge in [0.05, 0.1) is 26.9 Å². The van der Waals surface area contributed by atoms with Crippen molar-refractivity contribution in [1.82, 2.24) is 14.8 Å². The van der Waals surface area contributed by atoms with Gasteiger partial charge in [0.1, 0.15) is 5.75 Å². The van der Waals surface area contributed by atoms with Gasteiger partial charge in [-0.2, -0.15) is 5.10 Å². The van der Waals surface area contributed by atoms with Crippen molar-refractivity contribution in [2.75, 3.05) is 21.3 Å². The maximum absolute atomic E-state index is 5.41. The summed E-state index contributed by atoms with van der Waals surface area (Å²) in [7, 11) is 4.77. The Hall–Kier alpha value is -2.02. The number of rotatable bonds is 5. The number of aromatic nitrogens is 3. The van der Waals surface area contributed by atoms with Crippen molar-refractivity contribution in [1.29, 1.82) is 0 Å². The summed E-state index contributed by atoms with van der Waals surface area (Å²) < 4.78 is 18.5. The summed E-state index contributed by atoms with van der Waals surface area (Å²) in [6.07, 6.45) is 0. The minimum absolute atomic E-state index is 0.569. The Bertz CT molecular complexity index is 663. The fourth-order valence-corrected chi connectivity index (χ4v) is 2.28. The molecule has 1 N–H and O–H groups in total. The van der Waals surface area contributed by atoms with Gasteiger partial charge >= 0.3 is 0 Å². The van der Waals surface area contributed by atoms with Crippen molar-refractivity contribution < 1.29 is 14.2 Å². The Labute approximate surface area is 122 Å². The molecule has 108 valence electrons. The number of ether oxygens (including phenoxy) is 3. The number of nitrogens with zero attached hydrogens (tertiary/aromatic N) is 2. The molecule has 20 heavy (non-hydrogen) atoms. The molecule has 0 fully saturated rings. The Balaban J connectivity index is 2.69. The first kappa shape index (κ1) is 14.4. The topological polar surface area (TPSA) is 61.3 Å². The molecule has 7 heteroatoms. The smallest absolute Gasteiger partial charge is 0.195 e. The van der Waals surface area contributed by atoms with E-state index in [1.807, 2.05) is 17.6 Å². The first-order chi connectivity index (χ1) is 9.65. The number of hydrogen-bond donors (Lipinski definition) is 1. The first-order valence-electron chi connectivity index (χ1n) is 6.11. The van der Waals surface area contributed by atoms with Crippen LogP contribution in [0.1, 0.15) is 6.92 Å². The molecule has 0 aliphatic rings. The lowest BCUT2D eigenvalue weighted by molar-refractivity contribution is 0.349. The van der Waals surface area contributed by atoms with Gasteiger partial charge in [-0.05, 0) is 25.2 Å². The molecule has 1 aromatic carbocycles. The predicted molar refractivity (Wildman–Crippen MR) is 78.2 cm³/mol. The zero-order chi connectivity index (χ0) is 14.7. The van der Waals surface area contributed by atoms with Gasteiger partial charge in [-0.3, -0.25) is 5.10 Å². The van der Waals surface area contributed by atoms with E-state index in [9.17, 15) is 0 Å². The molecule has 0 saturated heterocycles. The SMILES string of the molecule is CCn1c(-c2cc(OC)c(OC)cc2OC)n[nH]c1=S. The van der Waals surface area contributed by atoms with Crippen molar-refractivity contribution in [3.8, 4) is 28.6 Å². The van der Waals surface area contributed by atoms with Crippen LogP contribution in [-0.2, 0) is 6.54 Å². The van der Waals surface area contributed by atoms with E-state index in [-0.39, 0.29) is 0 Å². The summed E-state index contributed by atoms with van der Waals surface area (Å²) in [6.45, 7) is 2.71.